The van der Waals surface area contributed by atoms with E-state index in [1.165, 1.54) is 5.01 Å². The van der Waals surface area contributed by atoms with E-state index >= 15 is 0 Å². The van der Waals surface area contributed by atoms with Crippen LogP contribution in [0, 0.1) is 0 Å². The fourth-order valence-electron chi connectivity index (χ4n) is 2.56. The van der Waals surface area contributed by atoms with Crippen molar-refractivity contribution in [1.29, 1.82) is 0 Å². The quantitative estimate of drug-likeness (QED) is 0.504. The molecule has 4 nitrogen and oxygen atoms in total. The molecule has 0 bridgehead atoms. The summed E-state index contributed by atoms with van der Waals surface area (Å²) in [4.78, 5) is 18.4. The Hall–Kier alpha value is -3.31. The lowest BCUT2D eigenvalue weighted by Crippen LogP contribution is -2.27. The predicted molar refractivity (Wildman–Crippen MR) is 106 cm³/mol. The first-order chi connectivity index (χ1) is 12.8. The number of thiophene rings is 1. The van der Waals surface area contributed by atoms with E-state index in [1.54, 1.807) is 23.6 Å². The van der Waals surface area contributed by atoms with Crippen LogP contribution >= 0.6 is 11.3 Å². The highest BCUT2D eigenvalue weighted by atomic mass is 32.1. The Morgan fingerprint density at radius 2 is 1.65 bits per heavy atom. The molecule has 0 radical (unpaired) electrons. The Balaban J connectivity index is 1.72. The highest BCUT2D eigenvalue weighted by molar-refractivity contribution is 7.10. The van der Waals surface area contributed by atoms with Crippen LogP contribution < -0.4 is 0 Å². The Bertz CT molecular complexity index is 990. The third-order valence-electron chi connectivity index (χ3n) is 3.81. The molecule has 2 aromatic carbocycles. The summed E-state index contributed by atoms with van der Waals surface area (Å²) < 4.78 is 0. The van der Waals surface area contributed by atoms with Crippen molar-refractivity contribution in [3.05, 3.63) is 99.9 Å². The molecule has 0 N–H and O–H groups in total. The van der Waals surface area contributed by atoms with Crippen molar-refractivity contribution in [3.8, 4) is 0 Å². The molecule has 1 amide bonds. The summed E-state index contributed by atoms with van der Waals surface area (Å²) in [5, 5.41) is 7.74. The van der Waals surface area contributed by atoms with Crippen LogP contribution in [0.5, 0.6) is 0 Å². The van der Waals surface area contributed by atoms with Crippen molar-refractivity contribution in [1.82, 2.24) is 5.01 Å². The molecular formula is C21H15N3OS. The summed E-state index contributed by atoms with van der Waals surface area (Å²) >= 11 is 1.57. The number of carbonyl (C=O) groups excluding carboxylic acids is 1. The number of nitrogens with zero attached hydrogens (tertiary/aromatic N) is 3. The first-order valence-corrected chi connectivity index (χ1v) is 9.02. The number of hydrogen-bond acceptors (Lipinski definition) is 4. The maximum Gasteiger partial charge on any atom is 0.298 e. The molecule has 0 unspecified atom stereocenters. The minimum absolute atomic E-state index is 0.232. The van der Waals surface area contributed by atoms with Gasteiger partial charge in [-0.15, -0.1) is 11.3 Å². The minimum Gasteiger partial charge on any atom is -0.265 e. The largest absolute Gasteiger partial charge is 0.298 e. The van der Waals surface area contributed by atoms with Gasteiger partial charge in [-0.2, -0.15) is 10.1 Å². The van der Waals surface area contributed by atoms with Crippen LogP contribution in [0.15, 0.2) is 94.0 Å². The number of amides is 1. The molecule has 1 aliphatic heterocycles. The number of benzene rings is 2. The van der Waals surface area contributed by atoms with E-state index < -0.39 is 0 Å². The summed E-state index contributed by atoms with van der Waals surface area (Å²) in [6.07, 6.45) is 3.47. The number of rotatable bonds is 4. The van der Waals surface area contributed by atoms with Gasteiger partial charge in [-0.3, -0.25) is 4.79 Å². The number of hydrazone groups is 1. The third-order valence-corrected chi connectivity index (χ3v) is 4.63. The molecule has 0 aliphatic carbocycles. The molecule has 3 aromatic rings. The van der Waals surface area contributed by atoms with Crippen LogP contribution in [-0.4, -0.2) is 23.0 Å². The number of hydrogen-bond donors (Lipinski definition) is 0. The Morgan fingerprint density at radius 3 is 2.35 bits per heavy atom. The second-order valence-corrected chi connectivity index (χ2v) is 6.60. The predicted octanol–water partition coefficient (Wildman–Crippen LogP) is 4.41. The summed E-state index contributed by atoms with van der Waals surface area (Å²) in [5.74, 6) is 0.301. The zero-order chi connectivity index (χ0) is 17.8. The molecule has 126 valence electrons. The van der Waals surface area contributed by atoms with Gasteiger partial charge in [0.1, 0.15) is 5.70 Å². The molecule has 0 saturated heterocycles. The normalized spacial score (nSPS) is 15.8. The highest BCUT2D eigenvalue weighted by Crippen LogP contribution is 2.23. The van der Waals surface area contributed by atoms with E-state index in [0.29, 0.717) is 11.5 Å². The van der Waals surface area contributed by atoms with Gasteiger partial charge >= 0.3 is 0 Å². The van der Waals surface area contributed by atoms with Gasteiger partial charge in [-0.05, 0) is 23.1 Å². The summed E-state index contributed by atoms with van der Waals surface area (Å²) in [6.45, 7) is 0. The van der Waals surface area contributed by atoms with Crippen molar-refractivity contribution in [2.24, 2.45) is 10.1 Å². The second kappa shape index (κ2) is 7.29. The molecule has 4 rings (SSSR count). The third kappa shape index (κ3) is 3.38. The van der Waals surface area contributed by atoms with Gasteiger partial charge in [0.15, 0.2) is 5.84 Å². The summed E-state index contributed by atoms with van der Waals surface area (Å²) in [6, 6.07) is 23.2. The topological polar surface area (TPSA) is 45.0 Å². The van der Waals surface area contributed by atoms with Crippen LogP contribution in [0.4, 0.5) is 0 Å². The first kappa shape index (κ1) is 16.2. The number of aliphatic imine (C=N–C) groups is 1. The Kier molecular flexibility index (Phi) is 4.53. The zero-order valence-corrected chi connectivity index (χ0v) is 14.6. The van der Waals surface area contributed by atoms with Gasteiger partial charge in [0, 0.05) is 10.4 Å². The average molecular weight is 357 g/mol. The Morgan fingerprint density at radius 1 is 0.923 bits per heavy atom. The van der Waals surface area contributed by atoms with Crippen molar-refractivity contribution >= 4 is 35.4 Å². The SMILES string of the molecule is O=C1/C(=C/c2cccs2)N=C(c2ccccc2)N1/N=C/c1ccccc1. The van der Waals surface area contributed by atoms with Crippen molar-refractivity contribution in [3.63, 3.8) is 0 Å². The summed E-state index contributed by atoms with van der Waals surface area (Å²) in [7, 11) is 0. The van der Waals surface area contributed by atoms with E-state index in [-0.39, 0.29) is 5.91 Å². The number of carbonyl (C=O) groups is 1. The fraction of sp³-hybridized carbons (Fsp3) is 0. The van der Waals surface area contributed by atoms with E-state index in [0.717, 1.165) is 16.0 Å². The van der Waals surface area contributed by atoms with Crippen molar-refractivity contribution in [2.75, 3.05) is 0 Å². The minimum atomic E-state index is -0.232. The first-order valence-electron chi connectivity index (χ1n) is 8.14. The van der Waals surface area contributed by atoms with Gasteiger partial charge in [0.25, 0.3) is 5.91 Å². The molecule has 26 heavy (non-hydrogen) atoms. The lowest BCUT2D eigenvalue weighted by Gasteiger charge is -2.11. The van der Waals surface area contributed by atoms with Gasteiger partial charge in [0.05, 0.1) is 6.21 Å². The molecule has 5 heteroatoms. The van der Waals surface area contributed by atoms with Gasteiger partial charge < -0.3 is 0 Å². The summed E-state index contributed by atoms with van der Waals surface area (Å²) in [5.41, 5.74) is 2.15. The smallest absolute Gasteiger partial charge is 0.265 e. The Labute approximate surface area is 155 Å². The van der Waals surface area contributed by atoms with Gasteiger partial charge in [0.2, 0.25) is 0 Å². The maximum absolute atomic E-state index is 12.9. The zero-order valence-electron chi connectivity index (χ0n) is 13.8. The molecule has 1 aromatic heterocycles. The van der Waals surface area contributed by atoms with E-state index in [1.807, 2.05) is 78.2 Å². The molecule has 0 spiro atoms. The fourth-order valence-corrected chi connectivity index (χ4v) is 3.21. The van der Waals surface area contributed by atoms with Crippen LogP contribution in [0.3, 0.4) is 0 Å². The van der Waals surface area contributed by atoms with Crippen molar-refractivity contribution < 1.29 is 4.79 Å². The molecule has 1 aliphatic rings. The number of amidine groups is 1. The molecule has 0 saturated carbocycles. The van der Waals surface area contributed by atoms with Crippen LogP contribution in [0.2, 0.25) is 0 Å². The average Bonchev–Trinajstić information content (AvgIpc) is 3.31. The molecular weight excluding hydrogens is 342 g/mol. The van der Waals surface area contributed by atoms with E-state index in [9.17, 15) is 4.79 Å². The lowest BCUT2D eigenvalue weighted by atomic mass is 10.2. The second-order valence-electron chi connectivity index (χ2n) is 5.62. The molecule has 0 atom stereocenters. The van der Waals surface area contributed by atoms with E-state index in [2.05, 4.69) is 10.1 Å². The lowest BCUT2D eigenvalue weighted by molar-refractivity contribution is -0.122. The van der Waals surface area contributed by atoms with E-state index in [4.69, 9.17) is 0 Å². The monoisotopic (exact) mass is 357 g/mol. The molecule has 2 heterocycles. The molecule has 0 fully saturated rings. The van der Waals surface area contributed by atoms with Crippen LogP contribution in [-0.2, 0) is 4.79 Å². The van der Waals surface area contributed by atoms with Crippen molar-refractivity contribution in [2.45, 2.75) is 0 Å². The maximum atomic E-state index is 12.9. The van der Waals surface area contributed by atoms with Gasteiger partial charge in [-0.25, -0.2) is 4.99 Å². The van der Waals surface area contributed by atoms with Crippen LogP contribution in [0.1, 0.15) is 16.0 Å². The van der Waals surface area contributed by atoms with Gasteiger partial charge in [-0.1, -0.05) is 66.7 Å². The van der Waals surface area contributed by atoms with Crippen LogP contribution in [0.25, 0.3) is 6.08 Å². The highest BCUT2D eigenvalue weighted by Gasteiger charge is 2.31. The standard InChI is InChI=1S/C21H15N3OS/c25-21-19(14-18-12-7-13-26-18)23-20(17-10-5-2-6-11-17)24(21)22-15-16-8-3-1-4-9-16/h1-15H/b19-14-,22-15+.